The van der Waals surface area contributed by atoms with Gasteiger partial charge in [-0.3, -0.25) is 0 Å². The molecule has 2 aromatic rings. The summed E-state index contributed by atoms with van der Waals surface area (Å²) < 4.78 is 27.0. The van der Waals surface area contributed by atoms with E-state index in [0.717, 1.165) is 17.8 Å². The Morgan fingerprint density at radius 1 is 1.05 bits per heavy atom. The van der Waals surface area contributed by atoms with Crippen LogP contribution in [0.25, 0.3) is 0 Å². The SMILES string of the molecule is CCN(Cc1cc(CNC)ccc1F)c1ccc(F)cc1. The van der Waals surface area contributed by atoms with Crippen molar-refractivity contribution >= 4 is 5.69 Å². The molecule has 2 rings (SSSR count). The van der Waals surface area contributed by atoms with E-state index in [9.17, 15) is 8.78 Å². The first kappa shape index (κ1) is 15.4. The molecule has 0 atom stereocenters. The number of halogens is 2. The number of rotatable bonds is 6. The predicted octanol–water partition coefficient (Wildman–Crippen LogP) is 3.71. The van der Waals surface area contributed by atoms with Crippen molar-refractivity contribution in [3.63, 3.8) is 0 Å². The van der Waals surface area contributed by atoms with E-state index in [2.05, 4.69) is 5.32 Å². The van der Waals surface area contributed by atoms with Gasteiger partial charge in [-0.25, -0.2) is 8.78 Å². The normalized spacial score (nSPS) is 10.7. The van der Waals surface area contributed by atoms with Crippen LogP contribution in [0.5, 0.6) is 0 Å². The number of hydrogen-bond acceptors (Lipinski definition) is 2. The number of benzene rings is 2. The summed E-state index contributed by atoms with van der Waals surface area (Å²) in [5.41, 5.74) is 2.58. The highest BCUT2D eigenvalue weighted by molar-refractivity contribution is 5.47. The summed E-state index contributed by atoms with van der Waals surface area (Å²) >= 11 is 0. The second-order valence-corrected chi connectivity index (χ2v) is 4.95. The molecule has 2 nitrogen and oxygen atoms in total. The molecule has 0 saturated carbocycles. The fraction of sp³-hybridized carbons (Fsp3) is 0.294. The highest BCUT2D eigenvalue weighted by atomic mass is 19.1. The van der Waals surface area contributed by atoms with Gasteiger partial charge in [0.25, 0.3) is 0 Å². The number of hydrogen-bond donors (Lipinski definition) is 1. The molecule has 0 spiro atoms. The maximum absolute atomic E-state index is 14.0. The Bertz CT molecular complexity index is 582. The monoisotopic (exact) mass is 290 g/mol. The van der Waals surface area contributed by atoms with Gasteiger partial charge in [-0.15, -0.1) is 0 Å². The van der Waals surface area contributed by atoms with Crippen LogP contribution in [0, 0.1) is 11.6 Å². The van der Waals surface area contributed by atoms with Gasteiger partial charge in [0, 0.05) is 30.9 Å². The predicted molar refractivity (Wildman–Crippen MR) is 82.3 cm³/mol. The number of anilines is 1. The molecule has 2 aromatic carbocycles. The van der Waals surface area contributed by atoms with Gasteiger partial charge < -0.3 is 10.2 Å². The summed E-state index contributed by atoms with van der Waals surface area (Å²) in [5, 5.41) is 3.06. The van der Waals surface area contributed by atoms with E-state index in [1.54, 1.807) is 18.2 Å². The molecule has 0 aliphatic heterocycles. The first-order valence-corrected chi connectivity index (χ1v) is 7.06. The van der Waals surface area contributed by atoms with E-state index >= 15 is 0 Å². The van der Waals surface area contributed by atoms with Crippen LogP contribution < -0.4 is 10.2 Å². The lowest BCUT2D eigenvalue weighted by Crippen LogP contribution is -2.22. The van der Waals surface area contributed by atoms with Gasteiger partial charge in [0.15, 0.2) is 0 Å². The average molecular weight is 290 g/mol. The molecular weight excluding hydrogens is 270 g/mol. The summed E-state index contributed by atoms with van der Waals surface area (Å²) in [6, 6.07) is 11.4. The van der Waals surface area contributed by atoms with E-state index in [1.165, 1.54) is 18.2 Å². The molecule has 0 aliphatic carbocycles. The molecular formula is C17H20F2N2. The zero-order valence-corrected chi connectivity index (χ0v) is 12.4. The quantitative estimate of drug-likeness (QED) is 0.872. The molecule has 112 valence electrons. The molecule has 0 aliphatic rings. The first-order chi connectivity index (χ1) is 10.1. The summed E-state index contributed by atoms with van der Waals surface area (Å²) in [5.74, 6) is -0.479. The minimum absolute atomic E-state index is 0.213. The van der Waals surface area contributed by atoms with Crippen molar-refractivity contribution in [1.29, 1.82) is 0 Å². The van der Waals surface area contributed by atoms with Crippen molar-refractivity contribution in [3.05, 3.63) is 65.2 Å². The van der Waals surface area contributed by atoms with E-state index in [0.29, 0.717) is 18.7 Å². The average Bonchev–Trinajstić information content (AvgIpc) is 2.49. The van der Waals surface area contributed by atoms with Crippen LogP contribution in [0.4, 0.5) is 14.5 Å². The Balaban J connectivity index is 2.21. The maximum Gasteiger partial charge on any atom is 0.128 e. The molecule has 21 heavy (non-hydrogen) atoms. The van der Waals surface area contributed by atoms with Crippen LogP contribution in [0.3, 0.4) is 0 Å². The fourth-order valence-corrected chi connectivity index (χ4v) is 2.31. The minimum atomic E-state index is -0.267. The van der Waals surface area contributed by atoms with E-state index in [1.807, 2.05) is 24.9 Å². The Labute approximate surface area is 124 Å². The van der Waals surface area contributed by atoms with Gasteiger partial charge in [0.2, 0.25) is 0 Å². The van der Waals surface area contributed by atoms with Crippen molar-refractivity contribution in [2.75, 3.05) is 18.5 Å². The van der Waals surface area contributed by atoms with Gasteiger partial charge in [-0.2, -0.15) is 0 Å². The molecule has 0 bridgehead atoms. The van der Waals surface area contributed by atoms with Crippen LogP contribution in [0.2, 0.25) is 0 Å². The molecule has 0 heterocycles. The second-order valence-electron chi connectivity index (χ2n) is 4.95. The summed E-state index contributed by atoms with van der Waals surface area (Å²) in [6.07, 6.45) is 0. The third kappa shape index (κ3) is 4.02. The topological polar surface area (TPSA) is 15.3 Å². The van der Waals surface area contributed by atoms with Gasteiger partial charge in [-0.1, -0.05) is 6.07 Å². The van der Waals surface area contributed by atoms with Gasteiger partial charge in [0.05, 0.1) is 0 Å². The van der Waals surface area contributed by atoms with Crippen molar-refractivity contribution in [3.8, 4) is 0 Å². The van der Waals surface area contributed by atoms with Crippen LogP contribution in [0.15, 0.2) is 42.5 Å². The minimum Gasteiger partial charge on any atom is -0.367 e. The Hall–Kier alpha value is -1.94. The van der Waals surface area contributed by atoms with Crippen LogP contribution >= 0.6 is 0 Å². The zero-order chi connectivity index (χ0) is 15.2. The third-order valence-electron chi connectivity index (χ3n) is 3.43. The molecule has 0 amide bonds. The maximum atomic E-state index is 14.0. The van der Waals surface area contributed by atoms with Crippen molar-refractivity contribution in [1.82, 2.24) is 5.32 Å². The van der Waals surface area contributed by atoms with Crippen LogP contribution in [-0.4, -0.2) is 13.6 Å². The summed E-state index contributed by atoms with van der Waals surface area (Å²) in [6.45, 7) is 3.89. The Morgan fingerprint density at radius 2 is 1.76 bits per heavy atom. The highest BCUT2D eigenvalue weighted by Gasteiger charge is 2.10. The molecule has 0 unspecified atom stereocenters. The Kier molecular flexibility index (Phi) is 5.28. The summed E-state index contributed by atoms with van der Waals surface area (Å²) in [4.78, 5) is 2.01. The fourth-order valence-electron chi connectivity index (χ4n) is 2.31. The van der Waals surface area contributed by atoms with E-state index < -0.39 is 0 Å². The van der Waals surface area contributed by atoms with Gasteiger partial charge >= 0.3 is 0 Å². The first-order valence-electron chi connectivity index (χ1n) is 7.06. The van der Waals surface area contributed by atoms with E-state index in [-0.39, 0.29) is 11.6 Å². The lowest BCUT2D eigenvalue weighted by molar-refractivity contribution is 0.603. The van der Waals surface area contributed by atoms with Crippen molar-refractivity contribution in [2.45, 2.75) is 20.0 Å². The largest absolute Gasteiger partial charge is 0.367 e. The third-order valence-corrected chi connectivity index (χ3v) is 3.43. The summed E-state index contributed by atoms with van der Waals surface area (Å²) in [7, 11) is 1.86. The smallest absolute Gasteiger partial charge is 0.128 e. The van der Waals surface area contributed by atoms with Crippen molar-refractivity contribution in [2.24, 2.45) is 0 Å². The van der Waals surface area contributed by atoms with E-state index in [4.69, 9.17) is 0 Å². The standard InChI is InChI=1S/C17H20F2N2/c1-3-21(16-7-5-15(18)6-8-16)12-14-10-13(11-20-2)4-9-17(14)19/h4-10,20H,3,11-12H2,1-2H3. The molecule has 4 heteroatoms. The van der Waals surface area contributed by atoms with Crippen molar-refractivity contribution < 1.29 is 8.78 Å². The lowest BCUT2D eigenvalue weighted by Gasteiger charge is -2.23. The number of nitrogens with zero attached hydrogens (tertiary/aromatic N) is 1. The highest BCUT2D eigenvalue weighted by Crippen LogP contribution is 2.20. The number of nitrogens with one attached hydrogen (secondary N) is 1. The molecule has 0 saturated heterocycles. The Morgan fingerprint density at radius 3 is 2.38 bits per heavy atom. The van der Waals surface area contributed by atoms with Crippen LogP contribution in [-0.2, 0) is 13.1 Å². The molecule has 0 aromatic heterocycles. The molecule has 0 fully saturated rings. The molecule has 1 N–H and O–H groups in total. The second kappa shape index (κ2) is 7.18. The molecule has 0 radical (unpaired) electrons. The van der Waals surface area contributed by atoms with Gasteiger partial charge in [-0.05, 0) is 55.9 Å². The van der Waals surface area contributed by atoms with Crippen LogP contribution in [0.1, 0.15) is 18.1 Å². The van der Waals surface area contributed by atoms with Gasteiger partial charge in [0.1, 0.15) is 11.6 Å². The zero-order valence-electron chi connectivity index (χ0n) is 12.4. The lowest BCUT2D eigenvalue weighted by atomic mass is 10.1.